The fraction of sp³-hybridized carbons (Fsp3) is 0.647. The van der Waals surface area contributed by atoms with E-state index in [4.69, 9.17) is 4.74 Å². The summed E-state index contributed by atoms with van der Waals surface area (Å²) in [7, 11) is 0. The third-order valence-corrected chi connectivity index (χ3v) is 4.70. The van der Waals surface area contributed by atoms with Crippen LogP contribution in [-0.2, 0) is 0 Å². The van der Waals surface area contributed by atoms with Crippen LogP contribution in [-0.4, -0.2) is 34.2 Å². The van der Waals surface area contributed by atoms with Gasteiger partial charge in [0.25, 0.3) is 5.91 Å². The van der Waals surface area contributed by atoms with Crippen LogP contribution in [0.3, 0.4) is 0 Å². The minimum Gasteiger partial charge on any atom is -0.474 e. The van der Waals surface area contributed by atoms with Crippen molar-refractivity contribution in [3.05, 3.63) is 23.9 Å². The van der Waals surface area contributed by atoms with E-state index >= 15 is 0 Å². The molecule has 120 valence electrons. The zero-order valence-electron chi connectivity index (χ0n) is 12.9. The average molecular weight is 304 g/mol. The second kappa shape index (κ2) is 6.65. The molecule has 5 nitrogen and oxygen atoms in total. The molecule has 2 fully saturated rings. The highest BCUT2D eigenvalue weighted by Crippen LogP contribution is 2.27. The molecule has 0 bridgehead atoms. The lowest BCUT2D eigenvalue weighted by atomic mass is 9.85. The number of hydrogen-bond donors (Lipinski definition) is 2. The standard InChI is InChI=1S/C17H24N2O3/c20-16(19-12-17(21)8-2-1-3-9-17)13-7-10-18-15(11-13)22-14-5-4-6-14/h7,10-11,14,21H,1-6,8-9,12H2,(H,19,20). The monoisotopic (exact) mass is 304 g/mol. The van der Waals surface area contributed by atoms with Crippen LogP contribution in [0.5, 0.6) is 5.88 Å². The summed E-state index contributed by atoms with van der Waals surface area (Å²) in [4.78, 5) is 16.4. The lowest BCUT2D eigenvalue weighted by Crippen LogP contribution is -2.44. The van der Waals surface area contributed by atoms with Crippen molar-refractivity contribution in [3.63, 3.8) is 0 Å². The first-order valence-corrected chi connectivity index (χ1v) is 8.28. The van der Waals surface area contributed by atoms with Gasteiger partial charge in [0.1, 0.15) is 6.10 Å². The number of carbonyl (C=O) groups is 1. The van der Waals surface area contributed by atoms with Crippen LogP contribution in [0.15, 0.2) is 18.3 Å². The molecule has 0 aromatic carbocycles. The molecule has 0 saturated heterocycles. The Bertz CT molecular complexity index is 522. The fourth-order valence-electron chi connectivity index (χ4n) is 3.01. The van der Waals surface area contributed by atoms with Crippen molar-refractivity contribution in [3.8, 4) is 5.88 Å². The second-order valence-electron chi connectivity index (χ2n) is 6.52. The summed E-state index contributed by atoms with van der Waals surface area (Å²) in [6.07, 6.45) is 9.91. The molecule has 3 rings (SSSR count). The Balaban J connectivity index is 1.55. The van der Waals surface area contributed by atoms with E-state index in [-0.39, 0.29) is 12.0 Å². The smallest absolute Gasteiger partial charge is 0.251 e. The number of carbonyl (C=O) groups excluding carboxylic acids is 1. The predicted octanol–water partition coefficient (Wildman–Crippen LogP) is 2.44. The van der Waals surface area contributed by atoms with E-state index in [0.717, 1.165) is 38.5 Å². The molecule has 5 heteroatoms. The van der Waals surface area contributed by atoms with E-state index in [1.54, 1.807) is 18.3 Å². The van der Waals surface area contributed by atoms with Gasteiger partial charge in [0.15, 0.2) is 0 Å². The van der Waals surface area contributed by atoms with Crippen LogP contribution >= 0.6 is 0 Å². The Morgan fingerprint density at radius 3 is 2.77 bits per heavy atom. The molecule has 2 saturated carbocycles. The van der Waals surface area contributed by atoms with Crippen LogP contribution in [0.4, 0.5) is 0 Å². The van der Waals surface area contributed by atoms with Gasteiger partial charge >= 0.3 is 0 Å². The molecule has 1 heterocycles. The largest absolute Gasteiger partial charge is 0.474 e. The molecule has 0 spiro atoms. The molecule has 0 aliphatic heterocycles. The van der Waals surface area contributed by atoms with Gasteiger partial charge in [0, 0.05) is 24.4 Å². The summed E-state index contributed by atoms with van der Waals surface area (Å²) < 4.78 is 5.71. The predicted molar refractivity (Wildman–Crippen MR) is 82.9 cm³/mol. The molecule has 2 aliphatic carbocycles. The molecule has 2 aliphatic rings. The zero-order valence-corrected chi connectivity index (χ0v) is 12.9. The van der Waals surface area contributed by atoms with E-state index in [9.17, 15) is 9.90 Å². The van der Waals surface area contributed by atoms with Crippen molar-refractivity contribution in [1.82, 2.24) is 10.3 Å². The Kier molecular flexibility index (Phi) is 4.62. The third-order valence-electron chi connectivity index (χ3n) is 4.70. The van der Waals surface area contributed by atoms with Crippen molar-refractivity contribution in [1.29, 1.82) is 0 Å². The van der Waals surface area contributed by atoms with Crippen molar-refractivity contribution in [2.75, 3.05) is 6.54 Å². The number of nitrogens with one attached hydrogen (secondary N) is 1. The molecular weight excluding hydrogens is 280 g/mol. The number of nitrogens with zero attached hydrogens (tertiary/aromatic N) is 1. The Labute approximate surface area is 131 Å². The van der Waals surface area contributed by atoms with Crippen LogP contribution in [0.2, 0.25) is 0 Å². The minimum atomic E-state index is -0.744. The number of hydrogen-bond acceptors (Lipinski definition) is 4. The fourth-order valence-corrected chi connectivity index (χ4v) is 3.01. The lowest BCUT2D eigenvalue weighted by Gasteiger charge is -2.32. The molecule has 0 radical (unpaired) electrons. The number of aromatic nitrogens is 1. The molecule has 1 aromatic heterocycles. The zero-order chi connectivity index (χ0) is 15.4. The third kappa shape index (κ3) is 3.77. The first-order valence-electron chi connectivity index (χ1n) is 8.28. The molecule has 0 atom stereocenters. The maximum atomic E-state index is 12.2. The van der Waals surface area contributed by atoms with Crippen LogP contribution < -0.4 is 10.1 Å². The van der Waals surface area contributed by atoms with E-state index in [2.05, 4.69) is 10.3 Å². The van der Waals surface area contributed by atoms with Crippen LogP contribution in [0.1, 0.15) is 61.7 Å². The van der Waals surface area contributed by atoms with E-state index in [1.807, 2.05) is 0 Å². The highest BCUT2D eigenvalue weighted by molar-refractivity contribution is 5.94. The molecule has 1 aromatic rings. The van der Waals surface area contributed by atoms with Gasteiger partial charge in [0.05, 0.1) is 5.60 Å². The second-order valence-corrected chi connectivity index (χ2v) is 6.52. The van der Waals surface area contributed by atoms with Crippen molar-refractivity contribution < 1.29 is 14.6 Å². The van der Waals surface area contributed by atoms with Gasteiger partial charge in [-0.2, -0.15) is 0 Å². The number of aliphatic hydroxyl groups is 1. The lowest BCUT2D eigenvalue weighted by molar-refractivity contribution is 0.00525. The van der Waals surface area contributed by atoms with Gasteiger partial charge < -0.3 is 15.2 Å². The Hall–Kier alpha value is -1.62. The molecule has 2 N–H and O–H groups in total. The summed E-state index contributed by atoms with van der Waals surface area (Å²) in [6, 6.07) is 3.35. The van der Waals surface area contributed by atoms with Gasteiger partial charge in [-0.15, -0.1) is 0 Å². The van der Waals surface area contributed by atoms with Crippen molar-refractivity contribution in [2.45, 2.75) is 63.1 Å². The van der Waals surface area contributed by atoms with Crippen molar-refractivity contribution >= 4 is 5.91 Å². The first-order chi connectivity index (χ1) is 10.6. The molecule has 1 amide bonds. The van der Waals surface area contributed by atoms with E-state index in [0.29, 0.717) is 18.0 Å². The van der Waals surface area contributed by atoms with Gasteiger partial charge in [0.2, 0.25) is 5.88 Å². The minimum absolute atomic E-state index is 0.181. The van der Waals surface area contributed by atoms with Gasteiger partial charge in [-0.1, -0.05) is 19.3 Å². The molecular formula is C17H24N2O3. The summed E-state index contributed by atoms with van der Waals surface area (Å²) in [5.74, 6) is 0.327. The van der Waals surface area contributed by atoms with E-state index in [1.165, 1.54) is 12.8 Å². The number of pyridine rings is 1. The Morgan fingerprint density at radius 2 is 2.09 bits per heavy atom. The van der Waals surface area contributed by atoms with Gasteiger partial charge in [-0.05, 0) is 38.2 Å². The van der Waals surface area contributed by atoms with Gasteiger partial charge in [-0.3, -0.25) is 4.79 Å². The normalized spacial score (nSPS) is 21.0. The number of amides is 1. The summed E-state index contributed by atoms with van der Waals surface area (Å²) >= 11 is 0. The average Bonchev–Trinajstić information content (AvgIpc) is 2.50. The topological polar surface area (TPSA) is 71.5 Å². The molecule has 22 heavy (non-hydrogen) atoms. The van der Waals surface area contributed by atoms with E-state index < -0.39 is 5.60 Å². The van der Waals surface area contributed by atoms with Crippen molar-refractivity contribution in [2.24, 2.45) is 0 Å². The quantitative estimate of drug-likeness (QED) is 0.876. The highest BCUT2D eigenvalue weighted by atomic mass is 16.5. The SMILES string of the molecule is O=C(NCC1(O)CCCCC1)c1ccnc(OC2CCC2)c1. The van der Waals surface area contributed by atoms with Crippen LogP contribution in [0, 0.1) is 0 Å². The van der Waals surface area contributed by atoms with Crippen LogP contribution in [0.25, 0.3) is 0 Å². The summed E-state index contributed by atoms with van der Waals surface area (Å²) in [5, 5.41) is 13.3. The summed E-state index contributed by atoms with van der Waals surface area (Å²) in [6.45, 7) is 0.312. The Morgan fingerprint density at radius 1 is 1.32 bits per heavy atom. The highest BCUT2D eigenvalue weighted by Gasteiger charge is 2.29. The first kappa shape index (κ1) is 15.3. The maximum Gasteiger partial charge on any atom is 0.251 e. The number of ether oxygens (including phenoxy) is 1. The summed E-state index contributed by atoms with van der Waals surface area (Å²) in [5.41, 5.74) is -0.213. The number of rotatable bonds is 5. The maximum absolute atomic E-state index is 12.2. The molecule has 0 unspecified atom stereocenters. The van der Waals surface area contributed by atoms with Gasteiger partial charge in [-0.25, -0.2) is 4.98 Å².